The Bertz CT molecular complexity index is 889. The van der Waals surface area contributed by atoms with Crippen LogP contribution in [0.25, 0.3) is 0 Å². The zero-order valence-corrected chi connectivity index (χ0v) is 20.7. The molecule has 0 heterocycles. The highest BCUT2D eigenvalue weighted by Gasteiger charge is 2.54. The SMILES string of the molecule is CCN(CC)C(=O)[C@@H](C)[C@H]1CC[C@@]2(C)CC[C@H](NC(=O)c3ccc(C#N)cc3)[C@@H](C)[C@@H]2[C@H]1O. The summed E-state index contributed by atoms with van der Waals surface area (Å²) in [5.74, 6) is -0.173. The van der Waals surface area contributed by atoms with E-state index in [9.17, 15) is 14.7 Å². The summed E-state index contributed by atoms with van der Waals surface area (Å²) in [6.07, 6.45) is 3.11. The lowest BCUT2D eigenvalue weighted by Gasteiger charge is -2.56. The van der Waals surface area contributed by atoms with Crippen molar-refractivity contribution in [2.45, 2.75) is 72.4 Å². The predicted octanol–water partition coefficient (Wildman–Crippen LogP) is 3.98. The van der Waals surface area contributed by atoms with E-state index in [1.54, 1.807) is 24.3 Å². The molecule has 0 unspecified atom stereocenters. The number of carbonyl (C=O) groups excluding carboxylic acids is 2. The Labute approximate surface area is 198 Å². The largest absolute Gasteiger partial charge is 0.392 e. The van der Waals surface area contributed by atoms with Crippen LogP contribution in [0.3, 0.4) is 0 Å². The van der Waals surface area contributed by atoms with Crippen LogP contribution in [0.4, 0.5) is 0 Å². The van der Waals surface area contributed by atoms with Gasteiger partial charge in [-0.1, -0.05) is 20.8 Å². The van der Waals surface area contributed by atoms with Gasteiger partial charge in [0.1, 0.15) is 0 Å². The van der Waals surface area contributed by atoms with Gasteiger partial charge < -0.3 is 15.3 Å². The molecule has 33 heavy (non-hydrogen) atoms. The third-order valence-electron chi connectivity index (χ3n) is 8.59. The van der Waals surface area contributed by atoms with Crippen LogP contribution in [0.15, 0.2) is 24.3 Å². The van der Waals surface area contributed by atoms with E-state index < -0.39 is 6.10 Å². The molecule has 6 nitrogen and oxygen atoms in total. The van der Waals surface area contributed by atoms with E-state index in [4.69, 9.17) is 5.26 Å². The molecule has 0 spiro atoms. The monoisotopic (exact) mass is 453 g/mol. The number of nitrogens with zero attached hydrogens (tertiary/aromatic N) is 2. The smallest absolute Gasteiger partial charge is 0.251 e. The van der Waals surface area contributed by atoms with Crippen LogP contribution in [0, 0.1) is 40.4 Å². The number of hydrogen-bond acceptors (Lipinski definition) is 4. The van der Waals surface area contributed by atoms with Crippen LogP contribution < -0.4 is 5.32 Å². The maximum atomic E-state index is 13.0. The van der Waals surface area contributed by atoms with Crippen molar-refractivity contribution in [3.8, 4) is 6.07 Å². The highest BCUT2D eigenvalue weighted by molar-refractivity contribution is 5.94. The second-order valence-electron chi connectivity index (χ2n) is 10.3. The first-order chi connectivity index (χ1) is 15.7. The molecule has 7 atom stereocenters. The van der Waals surface area contributed by atoms with Crippen LogP contribution in [0.2, 0.25) is 0 Å². The Morgan fingerprint density at radius 2 is 1.82 bits per heavy atom. The Morgan fingerprint density at radius 3 is 2.39 bits per heavy atom. The summed E-state index contributed by atoms with van der Waals surface area (Å²) in [4.78, 5) is 27.8. The van der Waals surface area contributed by atoms with Gasteiger partial charge >= 0.3 is 0 Å². The molecule has 6 heteroatoms. The van der Waals surface area contributed by atoms with Crippen molar-refractivity contribution >= 4 is 11.8 Å². The lowest BCUT2D eigenvalue weighted by molar-refractivity contribution is -0.149. The van der Waals surface area contributed by atoms with Crippen molar-refractivity contribution in [2.24, 2.45) is 29.1 Å². The molecule has 2 N–H and O–H groups in total. The number of aliphatic hydroxyl groups is 1. The van der Waals surface area contributed by atoms with E-state index in [1.807, 2.05) is 25.7 Å². The molecule has 3 rings (SSSR count). The van der Waals surface area contributed by atoms with Crippen molar-refractivity contribution in [3.63, 3.8) is 0 Å². The van der Waals surface area contributed by atoms with Gasteiger partial charge in [-0.2, -0.15) is 5.26 Å². The minimum Gasteiger partial charge on any atom is -0.392 e. The molecule has 2 aliphatic rings. The molecule has 2 aliphatic carbocycles. The standard InChI is InChI=1S/C27H39N3O3/c1-6-30(7-2)26(33)17(3)21-12-14-27(5)15-13-22(18(4)23(27)24(21)31)29-25(32)20-10-8-19(16-28)9-11-20/h8-11,17-18,21-24,31H,6-7,12-15H2,1-5H3,(H,29,32)/t17-,18+,21+,22-,23+,24-,27-/m0/s1. The van der Waals surface area contributed by atoms with E-state index in [0.717, 1.165) is 25.7 Å². The summed E-state index contributed by atoms with van der Waals surface area (Å²) in [5, 5.41) is 23.7. The predicted molar refractivity (Wildman–Crippen MR) is 128 cm³/mol. The van der Waals surface area contributed by atoms with Crippen molar-refractivity contribution < 1.29 is 14.7 Å². The lowest BCUT2D eigenvalue weighted by atomic mass is 9.51. The second kappa shape index (κ2) is 10.3. The van der Waals surface area contributed by atoms with Gasteiger partial charge in [-0.15, -0.1) is 0 Å². The molecule has 1 aromatic rings. The number of amides is 2. The molecule has 180 valence electrons. The van der Waals surface area contributed by atoms with E-state index in [0.29, 0.717) is 24.2 Å². The molecule has 2 fully saturated rings. The molecule has 0 aliphatic heterocycles. The van der Waals surface area contributed by atoms with Crippen molar-refractivity contribution in [1.82, 2.24) is 10.2 Å². The van der Waals surface area contributed by atoms with Gasteiger partial charge in [0.2, 0.25) is 5.91 Å². The molecule has 0 saturated heterocycles. The van der Waals surface area contributed by atoms with Gasteiger partial charge in [-0.25, -0.2) is 0 Å². The zero-order valence-electron chi connectivity index (χ0n) is 20.7. The van der Waals surface area contributed by atoms with Gasteiger partial charge in [-0.3, -0.25) is 9.59 Å². The Kier molecular flexibility index (Phi) is 7.84. The number of hydrogen-bond donors (Lipinski definition) is 2. The van der Waals surface area contributed by atoms with Crippen LogP contribution in [0.5, 0.6) is 0 Å². The maximum Gasteiger partial charge on any atom is 0.251 e. The molecule has 1 aromatic carbocycles. The minimum absolute atomic E-state index is 0.0168. The van der Waals surface area contributed by atoms with Crippen molar-refractivity contribution in [1.29, 1.82) is 5.26 Å². The quantitative estimate of drug-likeness (QED) is 0.681. The Balaban J connectivity index is 1.75. The fourth-order valence-corrected chi connectivity index (χ4v) is 6.45. The van der Waals surface area contributed by atoms with Gasteiger partial charge in [0.05, 0.1) is 17.7 Å². The fraction of sp³-hybridized carbons (Fsp3) is 0.667. The van der Waals surface area contributed by atoms with Crippen LogP contribution in [0.1, 0.15) is 76.2 Å². The summed E-state index contributed by atoms with van der Waals surface area (Å²) in [5.41, 5.74) is 1.08. The van der Waals surface area contributed by atoms with E-state index in [2.05, 4.69) is 25.2 Å². The maximum absolute atomic E-state index is 13.0. The third-order valence-corrected chi connectivity index (χ3v) is 8.59. The van der Waals surface area contributed by atoms with E-state index >= 15 is 0 Å². The Morgan fingerprint density at radius 1 is 1.21 bits per heavy atom. The average molecular weight is 454 g/mol. The highest BCUT2D eigenvalue weighted by Crippen LogP contribution is 2.55. The number of nitriles is 1. The lowest BCUT2D eigenvalue weighted by Crippen LogP contribution is -2.58. The zero-order chi connectivity index (χ0) is 24.3. The fourth-order valence-electron chi connectivity index (χ4n) is 6.45. The third kappa shape index (κ3) is 4.94. The van der Waals surface area contributed by atoms with Gasteiger partial charge in [0.15, 0.2) is 0 Å². The summed E-state index contributed by atoms with van der Waals surface area (Å²) in [7, 11) is 0. The average Bonchev–Trinajstić information content (AvgIpc) is 2.81. The molecular formula is C27H39N3O3. The van der Waals surface area contributed by atoms with E-state index in [1.165, 1.54) is 0 Å². The first kappa shape index (κ1) is 25.2. The summed E-state index contributed by atoms with van der Waals surface area (Å²) in [6.45, 7) is 11.7. The summed E-state index contributed by atoms with van der Waals surface area (Å²) in [6, 6.07) is 8.70. The second-order valence-corrected chi connectivity index (χ2v) is 10.3. The summed E-state index contributed by atoms with van der Waals surface area (Å²) >= 11 is 0. The number of aliphatic hydroxyl groups excluding tert-OH is 1. The molecular weight excluding hydrogens is 414 g/mol. The molecule has 0 bridgehead atoms. The number of benzene rings is 1. The van der Waals surface area contributed by atoms with Crippen LogP contribution >= 0.6 is 0 Å². The number of fused-ring (bicyclic) bond motifs is 1. The highest BCUT2D eigenvalue weighted by atomic mass is 16.3. The first-order valence-corrected chi connectivity index (χ1v) is 12.4. The molecule has 2 amide bonds. The van der Waals surface area contributed by atoms with Gasteiger partial charge in [0, 0.05) is 30.6 Å². The van der Waals surface area contributed by atoms with Crippen LogP contribution in [-0.4, -0.2) is 47.1 Å². The van der Waals surface area contributed by atoms with Gasteiger partial charge in [0.25, 0.3) is 5.91 Å². The Hall–Kier alpha value is -2.39. The van der Waals surface area contributed by atoms with Crippen molar-refractivity contribution in [3.05, 3.63) is 35.4 Å². The number of nitrogens with one attached hydrogen (secondary N) is 1. The van der Waals surface area contributed by atoms with Crippen molar-refractivity contribution in [2.75, 3.05) is 13.1 Å². The van der Waals surface area contributed by atoms with Crippen LogP contribution in [-0.2, 0) is 4.79 Å². The molecule has 0 radical (unpaired) electrons. The van der Waals surface area contributed by atoms with E-state index in [-0.39, 0.29) is 46.9 Å². The number of carbonyl (C=O) groups is 2. The first-order valence-electron chi connectivity index (χ1n) is 12.4. The minimum atomic E-state index is -0.567. The summed E-state index contributed by atoms with van der Waals surface area (Å²) < 4.78 is 0. The normalized spacial score (nSPS) is 32.2. The van der Waals surface area contributed by atoms with Gasteiger partial charge in [-0.05, 0) is 87.0 Å². The topological polar surface area (TPSA) is 93.4 Å². The molecule has 2 saturated carbocycles. The molecule has 0 aromatic heterocycles. The number of rotatable bonds is 6.